The van der Waals surface area contributed by atoms with E-state index in [-0.39, 0.29) is 6.04 Å². The maximum Gasteiger partial charge on any atom is 0.134 e. The molecule has 2 nitrogen and oxygen atoms in total. The van der Waals surface area contributed by atoms with Gasteiger partial charge in [-0.2, -0.15) is 0 Å². The van der Waals surface area contributed by atoms with Crippen LogP contribution in [0.4, 0.5) is 0 Å². The zero-order chi connectivity index (χ0) is 13.0. The minimum atomic E-state index is -0.168. The molecule has 1 N–H and O–H groups in total. The van der Waals surface area contributed by atoms with E-state index in [4.69, 9.17) is 12.2 Å². The molecule has 2 aromatic carbocycles. The molecule has 0 saturated heterocycles. The van der Waals surface area contributed by atoms with Gasteiger partial charge in [-0.1, -0.05) is 72.9 Å². The molecule has 0 spiro atoms. The van der Waals surface area contributed by atoms with Gasteiger partial charge in [0, 0.05) is 5.56 Å². The Labute approximate surface area is 112 Å². The van der Waals surface area contributed by atoms with Crippen LogP contribution < -0.4 is 0 Å². The molecular formula is C15H15NOS. The minimum absolute atomic E-state index is 0.168. The van der Waals surface area contributed by atoms with Gasteiger partial charge in [-0.05, 0) is 12.5 Å². The van der Waals surface area contributed by atoms with E-state index < -0.39 is 0 Å². The number of nitrogens with zero attached hydrogens (tertiary/aromatic N) is 1. The fourth-order valence-corrected chi connectivity index (χ4v) is 2.06. The first-order chi connectivity index (χ1) is 8.70. The number of thiocarbonyl (C=S) groups is 1. The summed E-state index contributed by atoms with van der Waals surface area (Å²) < 4.78 is 0. The number of rotatable bonds is 3. The van der Waals surface area contributed by atoms with E-state index in [1.807, 2.05) is 67.6 Å². The molecular weight excluding hydrogens is 242 g/mol. The van der Waals surface area contributed by atoms with Gasteiger partial charge in [0.05, 0.1) is 6.04 Å². The second-order valence-electron chi connectivity index (χ2n) is 4.10. The Morgan fingerprint density at radius 3 is 2.06 bits per heavy atom. The van der Waals surface area contributed by atoms with Gasteiger partial charge >= 0.3 is 0 Å². The lowest BCUT2D eigenvalue weighted by atomic mass is 10.1. The molecule has 0 saturated carbocycles. The van der Waals surface area contributed by atoms with Crippen LogP contribution in [-0.2, 0) is 0 Å². The second-order valence-corrected chi connectivity index (χ2v) is 4.49. The van der Waals surface area contributed by atoms with Gasteiger partial charge in [-0.25, -0.2) is 5.06 Å². The molecule has 3 heteroatoms. The van der Waals surface area contributed by atoms with E-state index in [9.17, 15) is 5.21 Å². The number of benzene rings is 2. The Balaban J connectivity index is 2.17. The van der Waals surface area contributed by atoms with Crippen molar-refractivity contribution in [2.24, 2.45) is 0 Å². The average molecular weight is 257 g/mol. The second kappa shape index (κ2) is 5.76. The summed E-state index contributed by atoms with van der Waals surface area (Å²) in [6.07, 6.45) is 0. The quantitative estimate of drug-likeness (QED) is 0.668. The van der Waals surface area contributed by atoms with E-state index in [1.54, 1.807) is 0 Å². The summed E-state index contributed by atoms with van der Waals surface area (Å²) in [6.45, 7) is 1.92. The predicted molar refractivity (Wildman–Crippen MR) is 76.6 cm³/mol. The summed E-state index contributed by atoms with van der Waals surface area (Å²) in [7, 11) is 0. The van der Waals surface area contributed by atoms with Gasteiger partial charge in [0.25, 0.3) is 0 Å². The van der Waals surface area contributed by atoms with Gasteiger partial charge in [0.2, 0.25) is 0 Å². The van der Waals surface area contributed by atoms with Crippen molar-refractivity contribution in [2.45, 2.75) is 13.0 Å². The zero-order valence-electron chi connectivity index (χ0n) is 10.2. The summed E-state index contributed by atoms with van der Waals surface area (Å²) in [5, 5.41) is 11.3. The fourth-order valence-electron chi connectivity index (χ4n) is 1.76. The average Bonchev–Trinajstić information content (AvgIpc) is 2.47. The van der Waals surface area contributed by atoms with Crippen LogP contribution in [0.3, 0.4) is 0 Å². The molecule has 0 aliphatic carbocycles. The van der Waals surface area contributed by atoms with Gasteiger partial charge in [0.15, 0.2) is 0 Å². The van der Waals surface area contributed by atoms with Crippen LogP contribution in [0.15, 0.2) is 60.7 Å². The summed E-state index contributed by atoms with van der Waals surface area (Å²) in [4.78, 5) is 0.437. The van der Waals surface area contributed by atoms with Crippen molar-refractivity contribution in [3.05, 3.63) is 71.8 Å². The standard InChI is InChI=1S/C15H15NOS/c1-12(13-8-4-2-5-9-13)16(17)15(18)14-10-6-3-7-11-14/h2-12,17H,1H3. The van der Waals surface area contributed by atoms with Crippen LogP contribution in [0.25, 0.3) is 0 Å². The Morgan fingerprint density at radius 2 is 1.50 bits per heavy atom. The highest BCUT2D eigenvalue weighted by Gasteiger charge is 2.17. The first-order valence-corrected chi connectivity index (χ1v) is 6.23. The van der Waals surface area contributed by atoms with E-state index >= 15 is 0 Å². The van der Waals surface area contributed by atoms with Crippen LogP contribution in [0.2, 0.25) is 0 Å². The molecule has 92 valence electrons. The SMILES string of the molecule is CC(c1ccccc1)N(O)C(=S)c1ccccc1. The van der Waals surface area contributed by atoms with E-state index in [0.29, 0.717) is 4.99 Å². The van der Waals surface area contributed by atoms with E-state index in [2.05, 4.69) is 0 Å². The minimum Gasteiger partial charge on any atom is -0.287 e. The third-order valence-electron chi connectivity index (χ3n) is 2.88. The molecule has 18 heavy (non-hydrogen) atoms. The van der Waals surface area contributed by atoms with Gasteiger partial charge in [-0.3, -0.25) is 5.21 Å². The summed E-state index contributed by atoms with van der Waals surface area (Å²) in [6, 6.07) is 19.2. The smallest absolute Gasteiger partial charge is 0.134 e. The van der Waals surface area contributed by atoms with Crippen molar-refractivity contribution in [3.8, 4) is 0 Å². The third-order valence-corrected chi connectivity index (χ3v) is 3.30. The molecule has 2 aromatic rings. The molecule has 0 heterocycles. The Kier molecular flexibility index (Phi) is 4.07. The lowest BCUT2D eigenvalue weighted by molar-refractivity contribution is -0.0456. The largest absolute Gasteiger partial charge is 0.287 e. The highest BCUT2D eigenvalue weighted by Crippen LogP contribution is 2.20. The maximum atomic E-state index is 10.2. The summed E-state index contributed by atoms with van der Waals surface area (Å²) >= 11 is 5.30. The molecule has 1 atom stereocenters. The Hall–Kier alpha value is -1.71. The van der Waals surface area contributed by atoms with Crippen LogP contribution in [0, 0.1) is 0 Å². The Morgan fingerprint density at radius 1 is 1.00 bits per heavy atom. The topological polar surface area (TPSA) is 23.5 Å². The molecule has 2 rings (SSSR count). The molecule has 0 bridgehead atoms. The monoisotopic (exact) mass is 257 g/mol. The van der Waals surface area contributed by atoms with Crippen LogP contribution in [0.1, 0.15) is 24.1 Å². The molecule has 0 aliphatic heterocycles. The molecule has 0 aromatic heterocycles. The van der Waals surface area contributed by atoms with Crippen molar-refractivity contribution in [2.75, 3.05) is 0 Å². The molecule has 0 fully saturated rings. The van der Waals surface area contributed by atoms with Crippen molar-refractivity contribution in [1.82, 2.24) is 5.06 Å². The predicted octanol–water partition coefficient (Wildman–Crippen LogP) is 3.81. The number of hydroxylamine groups is 2. The molecule has 0 aliphatic rings. The molecule has 0 radical (unpaired) electrons. The normalized spacial score (nSPS) is 11.9. The fraction of sp³-hybridized carbons (Fsp3) is 0.133. The zero-order valence-corrected chi connectivity index (χ0v) is 11.0. The summed E-state index contributed by atoms with van der Waals surface area (Å²) in [5.74, 6) is 0. The van der Waals surface area contributed by atoms with Crippen LogP contribution in [-0.4, -0.2) is 15.3 Å². The highest BCUT2D eigenvalue weighted by atomic mass is 32.1. The molecule has 0 amide bonds. The highest BCUT2D eigenvalue weighted by molar-refractivity contribution is 7.80. The molecule has 1 unspecified atom stereocenters. The van der Waals surface area contributed by atoms with Gasteiger partial charge in [-0.15, -0.1) is 0 Å². The first kappa shape index (κ1) is 12.7. The lowest BCUT2D eigenvalue weighted by Crippen LogP contribution is -2.29. The van der Waals surface area contributed by atoms with Gasteiger partial charge in [0.1, 0.15) is 4.99 Å². The van der Waals surface area contributed by atoms with Crippen molar-refractivity contribution < 1.29 is 5.21 Å². The van der Waals surface area contributed by atoms with Crippen molar-refractivity contribution in [1.29, 1.82) is 0 Å². The van der Waals surface area contributed by atoms with Crippen LogP contribution in [0.5, 0.6) is 0 Å². The maximum absolute atomic E-state index is 10.2. The number of hydrogen-bond acceptors (Lipinski definition) is 2. The van der Waals surface area contributed by atoms with Gasteiger partial charge < -0.3 is 0 Å². The van der Waals surface area contributed by atoms with Crippen molar-refractivity contribution >= 4 is 17.2 Å². The third kappa shape index (κ3) is 2.75. The van der Waals surface area contributed by atoms with E-state index in [1.165, 1.54) is 0 Å². The van der Waals surface area contributed by atoms with Crippen molar-refractivity contribution in [3.63, 3.8) is 0 Å². The van der Waals surface area contributed by atoms with Crippen LogP contribution >= 0.6 is 12.2 Å². The number of hydrogen-bond donors (Lipinski definition) is 1. The lowest BCUT2D eigenvalue weighted by Gasteiger charge is -2.25. The summed E-state index contributed by atoms with van der Waals surface area (Å²) in [5.41, 5.74) is 1.87. The van der Waals surface area contributed by atoms with E-state index in [0.717, 1.165) is 16.2 Å². The first-order valence-electron chi connectivity index (χ1n) is 5.82. The Bertz CT molecular complexity index is 513.